The Kier molecular flexibility index (Phi) is 12.1. The number of para-hydroxylation sites is 3. The molecule has 410 valence electrons. The van der Waals surface area contributed by atoms with Crippen LogP contribution in [-0.2, 0) is 0 Å². The maximum Gasteiger partial charge on any atom is 0.164 e. The first-order chi connectivity index (χ1) is 43.1. The van der Waals surface area contributed by atoms with Crippen LogP contribution < -0.4 is 0 Å². The number of rotatable bonds is 10. The van der Waals surface area contributed by atoms with Crippen molar-refractivity contribution >= 4 is 71.1 Å². The zero-order valence-electron chi connectivity index (χ0n) is 47.6. The molecule has 1 unspecified atom stereocenters. The van der Waals surface area contributed by atoms with Crippen molar-refractivity contribution in [2.75, 3.05) is 0 Å². The van der Waals surface area contributed by atoms with E-state index in [0.29, 0.717) is 17.5 Å². The van der Waals surface area contributed by atoms with Gasteiger partial charge < -0.3 is 13.6 Å². The highest BCUT2D eigenvalue weighted by molar-refractivity contribution is 6.29. The van der Waals surface area contributed by atoms with Gasteiger partial charge in [0.25, 0.3) is 0 Å². The first-order valence-corrected chi connectivity index (χ1v) is 30.1. The summed E-state index contributed by atoms with van der Waals surface area (Å²) in [6, 6.07) is 89.4. The van der Waals surface area contributed by atoms with Crippen molar-refractivity contribution in [3.63, 3.8) is 0 Å². The molecule has 0 radical (unpaired) electrons. The van der Waals surface area contributed by atoms with Gasteiger partial charge >= 0.3 is 0 Å². The van der Waals surface area contributed by atoms with Gasteiger partial charge in [-0.25, -0.2) is 15.0 Å². The van der Waals surface area contributed by atoms with E-state index in [9.17, 15) is 0 Å². The number of allylic oxidation sites excluding steroid dienone is 8. The fraction of sp³-hybridized carbons (Fsp3) is 0.0494. The van der Waals surface area contributed by atoms with E-state index in [1.54, 1.807) is 0 Å². The molecule has 15 aromatic rings. The normalized spacial score (nSPS) is 14.1. The number of fused-ring (bicyclic) bond motifs is 11. The number of nitrogens with zero attached hydrogens (tertiary/aromatic N) is 5. The molecule has 2 aliphatic rings. The topological polar surface area (TPSA) is 61.7 Å². The third-order valence-electron chi connectivity index (χ3n) is 17.7. The molecule has 17 rings (SSSR count). The summed E-state index contributed by atoms with van der Waals surface area (Å²) >= 11 is 0. The van der Waals surface area contributed by atoms with Crippen LogP contribution in [0.5, 0.6) is 0 Å². The minimum absolute atomic E-state index is 0.206. The minimum atomic E-state index is 0.206. The summed E-state index contributed by atoms with van der Waals surface area (Å²) in [5.41, 5.74) is 21.1. The highest BCUT2D eigenvalue weighted by Gasteiger charge is 2.27. The Labute approximate surface area is 503 Å². The summed E-state index contributed by atoms with van der Waals surface area (Å²) in [4.78, 5) is 16.6. The molecule has 0 N–H and O–H groups in total. The van der Waals surface area contributed by atoms with E-state index in [1.165, 1.54) is 5.56 Å². The first-order valence-electron chi connectivity index (χ1n) is 30.1. The lowest BCUT2D eigenvalue weighted by Crippen LogP contribution is -2.06. The van der Waals surface area contributed by atoms with Crippen LogP contribution in [-0.4, -0.2) is 24.1 Å². The Bertz CT molecular complexity index is 5340. The van der Waals surface area contributed by atoms with Gasteiger partial charge in [-0.05, 0) is 131 Å². The molecule has 0 aliphatic heterocycles. The second-order valence-electron chi connectivity index (χ2n) is 22.9. The van der Waals surface area contributed by atoms with Gasteiger partial charge in [-0.1, -0.05) is 218 Å². The number of aromatic nitrogens is 5. The molecule has 4 aromatic heterocycles. The standard InChI is InChI=1S/C81H55N5O/c1-7-23-52(24-8-1)55-39-41-58(42-40-55)79-82-80(61-48-59(53-25-9-2-10-26-53)47-60(49-61)54-27-11-3-12-28-54)84-81(83-79)62-50-68(56-29-13-4-14-30-56)76(69(51-62)57-31-15-5-16-32-57)86-71-38-22-20-36-67(71)75-73(86)46-44-65-64-43-45-72-74(77(64)87-78(65)75)66-35-19-21-37-70(66)85(72)63-33-17-6-18-34-63/h1-4,6-15,17-27,29-51,54H,5,16,28H2. The van der Waals surface area contributed by atoms with Crippen LogP contribution in [0.15, 0.2) is 296 Å². The molecule has 0 saturated carbocycles. The molecule has 2 aliphatic carbocycles. The molecular formula is C81H55N5O. The van der Waals surface area contributed by atoms with Gasteiger partial charge in [0.05, 0.1) is 38.5 Å². The quantitative estimate of drug-likeness (QED) is 0.137. The van der Waals surface area contributed by atoms with Crippen molar-refractivity contribution in [1.82, 2.24) is 24.1 Å². The zero-order chi connectivity index (χ0) is 57.4. The number of benzene rings is 11. The van der Waals surface area contributed by atoms with Crippen molar-refractivity contribution in [3.05, 3.63) is 302 Å². The van der Waals surface area contributed by atoms with Gasteiger partial charge in [-0.15, -0.1) is 0 Å². The molecule has 6 heteroatoms. The lowest BCUT2D eigenvalue weighted by molar-refractivity contribution is 0.677. The van der Waals surface area contributed by atoms with Crippen LogP contribution in [0.25, 0.3) is 150 Å². The summed E-state index contributed by atoms with van der Waals surface area (Å²) in [7, 11) is 0. The van der Waals surface area contributed by atoms with E-state index in [1.807, 2.05) is 0 Å². The van der Waals surface area contributed by atoms with Crippen molar-refractivity contribution in [2.24, 2.45) is 0 Å². The van der Waals surface area contributed by atoms with Crippen LogP contribution in [0.3, 0.4) is 0 Å². The predicted molar refractivity (Wildman–Crippen MR) is 360 cm³/mol. The zero-order valence-corrected chi connectivity index (χ0v) is 47.6. The number of hydrogen-bond acceptors (Lipinski definition) is 4. The second kappa shape index (κ2) is 20.8. The van der Waals surface area contributed by atoms with Crippen LogP contribution in [0.1, 0.15) is 36.3 Å². The van der Waals surface area contributed by atoms with E-state index < -0.39 is 0 Å². The third-order valence-corrected chi connectivity index (χ3v) is 17.7. The van der Waals surface area contributed by atoms with Gasteiger partial charge in [-0.3, -0.25) is 0 Å². The fourth-order valence-electron chi connectivity index (χ4n) is 13.6. The summed E-state index contributed by atoms with van der Waals surface area (Å²) < 4.78 is 12.3. The Morgan fingerprint density at radius 2 is 0.885 bits per heavy atom. The van der Waals surface area contributed by atoms with Crippen molar-refractivity contribution in [1.29, 1.82) is 0 Å². The maximum absolute atomic E-state index is 7.45. The maximum atomic E-state index is 7.45. The highest BCUT2D eigenvalue weighted by atomic mass is 16.3. The van der Waals surface area contributed by atoms with Crippen molar-refractivity contribution in [3.8, 4) is 78.9 Å². The molecular weight excluding hydrogens is 1060 g/mol. The molecule has 87 heavy (non-hydrogen) atoms. The lowest BCUT2D eigenvalue weighted by atomic mass is 9.88. The third kappa shape index (κ3) is 8.59. The van der Waals surface area contributed by atoms with E-state index in [2.05, 4.69) is 300 Å². The van der Waals surface area contributed by atoms with E-state index in [0.717, 1.165) is 157 Å². The van der Waals surface area contributed by atoms with Gasteiger partial charge in [0, 0.05) is 61.0 Å². The Morgan fingerprint density at radius 1 is 0.368 bits per heavy atom. The highest BCUT2D eigenvalue weighted by Crippen LogP contribution is 2.48. The molecule has 11 aromatic carbocycles. The summed E-state index contributed by atoms with van der Waals surface area (Å²) in [5.74, 6) is 2.01. The Morgan fingerprint density at radius 3 is 1.51 bits per heavy atom. The smallest absolute Gasteiger partial charge is 0.164 e. The molecule has 6 nitrogen and oxygen atoms in total. The summed E-state index contributed by atoms with van der Waals surface area (Å²) in [5, 5.41) is 6.63. The van der Waals surface area contributed by atoms with Gasteiger partial charge in [0.1, 0.15) is 11.2 Å². The monoisotopic (exact) mass is 1110 g/mol. The van der Waals surface area contributed by atoms with Gasteiger partial charge in [-0.2, -0.15) is 0 Å². The first kappa shape index (κ1) is 50.3. The SMILES string of the molecule is C1=CCC(c2cc(-c3ccccc3)cc(-c3nc(-c4ccc(-c5ccccc5)cc4)nc(-c4cc(C5=CCCC=C5)c(-n5c6ccccc6c6c7oc8c(ccc9c8c8ccccc8n9-c8ccccc8)c7ccc65)c(-c5ccccc5)c4)n3)c2)C=C1. The Balaban J connectivity index is 0.920. The number of furan rings is 1. The predicted octanol–water partition coefficient (Wildman–Crippen LogP) is 21.3. The average Bonchev–Trinajstić information content (AvgIpc) is 1.62. The molecule has 1 atom stereocenters. The Hall–Kier alpha value is -11.2. The summed E-state index contributed by atoms with van der Waals surface area (Å²) in [6.45, 7) is 0. The van der Waals surface area contributed by atoms with Crippen LogP contribution in [0.2, 0.25) is 0 Å². The largest absolute Gasteiger partial charge is 0.455 e. The van der Waals surface area contributed by atoms with Crippen LogP contribution >= 0.6 is 0 Å². The molecule has 0 bridgehead atoms. The minimum Gasteiger partial charge on any atom is -0.455 e. The van der Waals surface area contributed by atoms with E-state index in [-0.39, 0.29) is 5.92 Å². The molecule has 0 fully saturated rings. The molecule has 0 spiro atoms. The van der Waals surface area contributed by atoms with Crippen LogP contribution in [0.4, 0.5) is 0 Å². The second-order valence-corrected chi connectivity index (χ2v) is 22.9. The summed E-state index contributed by atoms with van der Waals surface area (Å²) in [6.07, 6.45) is 18.7. The lowest BCUT2D eigenvalue weighted by Gasteiger charge is -2.22. The average molecular weight is 1110 g/mol. The van der Waals surface area contributed by atoms with Gasteiger partial charge in [0.2, 0.25) is 0 Å². The van der Waals surface area contributed by atoms with Gasteiger partial charge in [0.15, 0.2) is 17.5 Å². The number of hydrogen-bond donors (Lipinski definition) is 0. The van der Waals surface area contributed by atoms with E-state index in [4.69, 9.17) is 19.4 Å². The molecule has 0 amide bonds. The van der Waals surface area contributed by atoms with Crippen LogP contribution in [0, 0.1) is 0 Å². The van der Waals surface area contributed by atoms with Crippen molar-refractivity contribution < 1.29 is 4.42 Å². The molecule has 0 saturated heterocycles. The van der Waals surface area contributed by atoms with Crippen molar-refractivity contribution in [2.45, 2.75) is 25.2 Å². The fourth-order valence-corrected chi connectivity index (χ4v) is 13.6. The molecule has 4 heterocycles. The van der Waals surface area contributed by atoms with E-state index >= 15 is 0 Å².